The van der Waals surface area contributed by atoms with E-state index in [9.17, 15) is 14.7 Å². The summed E-state index contributed by atoms with van der Waals surface area (Å²) < 4.78 is 18.6. The Hall–Kier alpha value is -1.89. The molecule has 0 aromatic heterocycles. The molecular formula is C26H33ClO6. The van der Waals surface area contributed by atoms with Gasteiger partial charge in [-0.2, -0.15) is 0 Å². The van der Waals surface area contributed by atoms with Gasteiger partial charge in [0.1, 0.15) is 35.0 Å². The van der Waals surface area contributed by atoms with Gasteiger partial charge in [0.2, 0.25) is 0 Å². The van der Waals surface area contributed by atoms with Crippen molar-refractivity contribution >= 4 is 29.6 Å². The van der Waals surface area contributed by atoms with Gasteiger partial charge in [-0.15, -0.1) is 0 Å². The van der Waals surface area contributed by atoms with E-state index in [1.807, 2.05) is 51.1 Å². The van der Waals surface area contributed by atoms with E-state index < -0.39 is 42.0 Å². The molecule has 1 saturated carbocycles. The van der Waals surface area contributed by atoms with Crippen molar-refractivity contribution in [2.75, 3.05) is 6.61 Å². The lowest BCUT2D eigenvalue weighted by atomic mass is 9.69. The SMILES string of the molecule is CC(C)[C@@]12C[C@@H](OC(=O)CO)[C@@](C)(O1)[C@@H]1CC[C@@H](C)[C@H]1[C@@H]2OC(=O)/C(Cl)=C/c1ccccc1. The van der Waals surface area contributed by atoms with Crippen LogP contribution in [-0.2, 0) is 23.8 Å². The molecule has 4 rings (SSSR count). The first kappa shape index (κ1) is 24.2. The summed E-state index contributed by atoms with van der Waals surface area (Å²) in [4.78, 5) is 25.2. The van der Waals surface area contributed by atoms with Crippen LogP contribution in [0.15, 0.2) is 35.4 Å². The van der Waals surface area contributed by atoms with E-state index in [4.69, 9.17) is 25.8 Å². The Bertz CT molecular complexity index is 930. The molecule has 2 bridgehead atoms. The predicted molar refractivity (Wildman–Crippen MR) is 124 cm³/mol. The minimum atomic E-state index is -0.811. The molecule has 0 unspecified atom stereocenters. The van der Waals surface area contributed by atoms with Crippen LogP contribution in [0, 0.1) is 23.7 Å². The Morgan fingerprint density at radius 1 is 1.24 bits per heavy atom. The number of hydrogen-bond donors (Lipinski definition) is 1. The van der Waals surface area contributed by atoms with Gasteiger partial charge in [-0.05, 0) is 49.2 Å². The predicted octanol–water partition coefficient (Wildman–Crippen LogP) is 4.33. The van der Waals surface area contributed by atoms with Crippen molar-refractivity contribution in [3.05, 3.63) is 40.9 Å². The van der Waals surface area contributed by atoms with Gasteiger partial charge < -0.3 is 19.3 Å². The number of halogens is 1. The van der Waals surface area contributed by atoms with Crippen LogP contribution < -0.4 is 0 Å². The summed E-state index contributed by atoms with van der Waals surface area (Å²) in [5.74, 6) is -0.800. The van der Waals surface area contributed by atoms with Crippen LogP contribution in [0.5, 0.6) is 0 Å². The van der Waals surface area contributed by atoms with Gasteiger partial charge in [-0.25, -0.2) is 9.59 Å². The fourth-order valence-corrected chi connectivity index (χ4v) is 6.54. The minimum Gasteiger partial charge on any atom is -0.457 e. The average molecular weight is 477 g/mol. The maximum Gasteiger partial charge on any atom is 0.350 e. The Morgan fingerprint density at radius 3 is 2.58 bits per heavy atom. The van der Waals surface area contributed by atoms with Crippen molar-refractivity contribution in [3.8, 4) is 0 Å². The first-order valence-corrected chi connectivity index (χ1v) is 12.1. The van der Waals surface area contributed by atoms with Gasteiger partial charge in [-0.3, -0.25) is 0 Å². The van der Waals surface area contributed by atoms with Crippen LogP contribution in [0.25, 0.3) is 6.08 Å². The van der Waals surface area contributed by atoms with Crippen molar-refractivity contribution in [3.63, 3.8) is 0 Å². The zero-order valence-corrected chi connectivity index (χ0v) is 20.4. The van der Waals surface area contributed by atoms with Gasteiger partial charge >= 0.3 is 11.9 Å². The largest absolute Gasteiger partial charge is 0.457 e. The maximum absolute atomic E-state index is 13.1. The monoisotopic (exact) mass is 476 g/mol. The molecule has 7 heteroatoms. The van der Waals surface area contributed by atoms with Gasteiger partial charge in [0.25, 0.3) is 0 Å². The maximum atomic E-state index is 13.1. The number of carbonyl (C=O) groups excluding carboxylic acids is 2. The van der Waals surface area contributed by atoms with Gasteiger partial charge in [-0.1, -0.05) is 62.7 Å². The number of aliphatic hydroxyl groups excluding tert-OH is 1. The van der Waals surface area contributed by atoms with E-state index >= 15 is 0 Å². The molecule has 0 radical (unpaired) electrons. The smallest absolute Gasteiger partial charge is 0.350 e. The normalized spacial score (nSPS) is 37.7. The molecule has 33 heavy (non-hydrogen) atoms. The molecule has 180 valence electrons. The molecule has 2 aliphatic heterocycles. The highest BCUT2D eigenvalue weighted by Crippen LogP contribution is 2.63. The molecule has 2 saturated heterocycles. The molecule has 6 nitrogen and oxygen atoms in total. The molecule has 2 heterocycles. The van der Waals surface area contributed by atoms with Crippen molar-refractivity contribution < 1.29 is 28.9 Å². The van der Waals surface area contributed by atoms with Crippen LogP contribution in [-0.4, -0.2) is 47.1 Å². The van der Waals surface area contributed by atoms with E-state index in [1.54, 1.807) is 6.08 Å². The lowest BCUT2D eigenvalue weighted by Crippen LogP contribution is -2.62. The summed E-state index contributed by atoms with van der Waals surface area (Å²) in [6, 6.07) is 9.39. The highest BCUT2D eigenvalue weighted by atomic mass is 35.5. The average Bonchev–Trinajstić information content (AvgIpc) is 3.30. The van der Waals surface area contributed by atoms with Crippen molar-refractivity contribution in [2.24, 2.45) is 23.7 Å². The number of carbonyl (C=O) groups is 2. The van der Waals surface area contributed by atoms with Crippen LogP contribution in [0.2, 0.25) is 0 Å². The molecule has 1 aromatic carbocycles. The summed E-state index contributed by atoms with van der Waals surface area (Å²) in [6.07, 6.45) is 2.85. The van der Waals surface area contributed by atoms with Crippen molar-refractivity contribution in [2.45, 2.75) is 70.4 Å². The van der Waals surface area contributed by atoms with Crippen molar-refractivity contribution in [1.29, 1.82) is 0 Å². The first-order valence-electron chi connectivity index (χ1n) is 11.8. The Kier molecular flexibility index (Phi) is 6.64. The van der Waals surface area contributed by atoms with Crippen LogP contribution in [0.4, 0.5) is 0 Å². The fraction of sp³-hybridized carbons (Fsp3) is 0.615. The molecule has 1 N–H and O–H groups in total. The highest BCUT2D eigenvalue weighted by molar-refractivity contribution is 6.43. The summed E-state index contributed by atoms with van der Waals surface area (Å²) >= 11 is 6.38. The zero-order chi connectivity index (χ0) is 24.0. The number of rotatable bonds is 6. The highest BCUT2D eigenvalue weighted by Gasteiger charge is 2.72. The lowest BCUT2D eigenvalue weighted by Gasteiger charge is -2.52. The van der Waals surface area contributed by atoms with E-state index in [1.165, 1.54) is 0 Å². The summed E-state index contributed by atoms with van der Waals surface area (Å²) in [5.41, 5.74) is -0.694. The van der Waals surface area contributed by atoms with Gasteiger partial charge in [0, 0.05) is 12.3 Å². The summed E-state index contributed by atoms with van der Waals surface area (Å²) in [7, 11) is 0. The van der Waals surface area contributed by atoms with Gasteiger partial charge in [0.15, 0.2) is 0 Å². The number of benzene rings is 1. The Labute approximate surface area is 200 Å². The van der Waals surface area contributed by atoms with E-state index in [2.05, 4.69) is 6.92 Å². The molecule has 3 aliphatic rings. The summed E-state index contributed by atoms with van der Waals surface area (Å²) in [6.45, 7) is 7.59. The number of esters is 2. The molecular weight excluding hydrogens is 444 g/mol. The molecule has 1 aromatic rings. The van der Waals surface area contributed by atoms with Gasteiger partial charge in [0.05, 0.1) is 0 Å². The first-order chi connectivity index (χ1) is 15.6. The quantitative estimate of drug-likeness (QED) is 0.486. The summed E-state index contributed by atoms with van der Waals surface area (Å²) in [5, 5.41) is 9.28. The third-order valence-electron chi connectivity index (χ3n) is 8.08. The van der Waals surface area contributed by atoms with Crippen molar-refractivity contribution in [1.82, 2.24) is 0 Å². The van der Waals surface area contributed by atoms with E-state index in [0.29, 0.717) is 12.3 Å². The second kappa shape index (κ2) is 9.05. The van der Waals surface area contributed by atoms with E-state index in [0.717, 1.165) is 18.4 Å². The van der Waals surface area contributed by atoms with Crippen LogP contribution in [0.1, 0.15) is 52.5 Å². The zero-order valence-electron chi connectivity index (χ0n) is 19.6. The third-order valence-corrected chi connectivity index (χ3v) is 8.34. The van der Waals surface area contributed by atoms with Crippen LogP contribution in [0.3, 0.4) is 0 Å². The topological polar surface area (TPSA) is 82.1 Å². The second-order valence-corrected chi connectivity index (χ2v) is 10.6. The number of hydrogen-bond acceptors (Lipinski definition) is 6. The molecule has 0 spiro atoms. The molecule has 3 fully saturated rings. The third kappa shape index (κ3) is 4.11. The number of ether oxygens (including phenoxy) is 3. The van der Waals surface area contributed by atoms with Crippen LogP contribution >= 0.6 is 11.6 Å². The molecule has 0 amide bonds. The minimum absolute atomic E-state index is 0.00178. The standard InChI is InChI=1S/C26H33ClO6/c1-15(2)26-13-20(31-21(29)14-28)25(4,33-26)18-11-10-16(3)22(18)23(26)32-24(30)19(27)12-17-8-6-5-7-9-17/h5-9,12,15-16,18,20,22-23,28H,10-11,13-14H2,1-4H3/b19-12-/t16-,18-,20-,22-,23+,25+,26-/m1/s1. The molecule has 7 atom stereocenters. The number of fused-ring (bicyclic) bond motifs is 4. The fourth-order valence-electron chi connectivity index (χ4n) is 6.37. The second-order valence-electron chi connectivity index (χ2n) is 10.2. The Morgan fingerprint density at radius 2 is 1.94 bits per heavy atom. The molecule has 1 aliphatic carbocycles. The van der Waals surface area contributed by atoms with E-state index in [-0.39, 0.29) is 22.8 Å². The Balaban J connectivity index is 1.68. The lowest BCUT2D eigenvalue weighted by molar-refractivity contribution is -0.264. The number of aliphatic hydroxyl groups is 1.